The van der Waals surface area contributed by atoms with E-state index in [1.165, 1.54) is 0 Å². The summed E-state index contributed by atoms with van der Waals surface area (Å²) in [7, 11) is 0. The molecular weight excluding hydrogens is 168 g/mol. The zero-order valence-corrected chi connectivity index (χ0v) is 7.84. The highest BCUT2D eigenvalue weighted by atomic mass is 32.1. The molecule has 0 saturated heterocycles. The van der Waals surface area contributed by atoms with Gasteiger partial charge in [-0.1, -0.05) is 25.2 Å². The van der Waals surface area contributed by atoms with Crippen LogP contribution >= 0.6 is 12.2 Å². The number of hydrogen-bond acceptors (Lipinski definition) is 2. The van der Waals surface area contributed by atoms with Crippen molar-refractivity contribution in [3.05, 3.63) is 30.1 Å². The van der Waals surface area contributed by atoms with E-state index in [0.29, 0.717) is 4.99 Å². The average Bonchev–Trinajstić information content (AvgIpc) is 2.07. The third-order valence-electron chi connectivity index (χ3n) is 1.80. The van der Waals surface area contributed by atoms with Crippen LogP contribution in [0.1, 0.15) is 25.0 Å². The van der Waals surface area contributed by atoms with Gasteiger partial charge in [0, 0.05) is 6.20 Å². The lowest BCUT2D eigenvalue weighted by molar-refractivity contribution is 0.815. The van der Waals surface area contributed by atoms with Gasteiger partial charge in [0.05, 0.1) is 16.6 Å². The van der Waals surface area contributed by atoms with Crippen LogP contribution in [0.25, 0.3) is 0 Å². The van der Waals surface area contributed by atoms with Crippen molar-refractivity contribution < 1.29 is 0 Å². The minimum Gasteiger partial charge on any atom is -0.393 e. The van der Waals surface area contributed by atoms with Crippen LogP contribution in [0.4, 0.5) is 0 Å². The molecule has 0 fully saturated rings. The number of nitrogens with zero attached hydrogens (tertiary/aromatic N) is 1. The quantitative estimate of drug-likeness (QED) is 0.722. The second kappa shape index (κ2) is 4.16. The number of pyridine rings is 1. The van der Waals surface area contributed by atoms with Crippen molar-refractivity contribution in [1.82, 2.24) is 4.98 Å². The summed E-state index contributed by atoms with van der Waals surface area (Å²) in [5.74, 6) is 0.126. The maximum absolute atomic E-state index is 5.57. The summed E-state index contributed by atoms with van der Waals surface area (Å²) < 4.78 is 0. The van der Waals surface area contributed by atoms with Gasteiger partial charge in [-0.3, -0.25) is 4.98 Å². The molecule has 0 saturated carbocycles. The topological polar surface area (TPSA) is 38.9 Å². The molecule has 0 spiro atoms. The molecule has 1 aromatic rings. The molecule has 0 amide bonds. The molecule has 1 atom stereocenters. The molecule has 1 unspecified atom stereocenters. The fourth-order valence-corrected chi connectivity index (χ4v) is 1.43. The van der Waals surface area contributed by atoms with Crippen molar-refractivity contribution in [2.24, 2.45) is 5.73 Å². The Balaban J connectivity index is 2.88. The Morgan fingerprint density at radius 1 is 1.67 bits per heavy atom. The van der Waals surface area contributed by atoms with E-state index >= 15 is 0 Å². The van der Waals surface area contributed by atoms with E-state index in [2.05, 4.69) is 11.9 Å². The third-order valence-corrected chi connectivity index (χ3v) is 2.08. The molecule has 1 aromatic heterocycles. The Morgan fingerprint density at radius 3 is 2.83 bits per heavy atom. The Bertz CT molecular complexity index is 258. The maximum atomic E-state index is 5.57. The van der Waals surface area contributed by atoms with Gasteiger partial charge in [-0.25, -0.2) is 0 Å². The lowest BCUT2D eigenvalue weighted by atomic mass is 10.0. The highest BCUT2D eigenvalue weighted by Crippen LogP contribution is 2.16. The van der Waals surface area contributed by atoms with Crippen molar-refractivity contribution in [2.75, 3.05) is 0 Å². The summed E-state index contributed by atoms with van der Waals surface area (Å²) in [4.78, 5) is 4.73. The Morgan fingerprint density at radius 2 is 2.42 bits per heavy atom. The summed E-state index contributed by atoms with van der Waals surface area (Å²) in [5, 5.41) is 0. The number of thiocarbonyl (C=S) groups is 1. The van der Waals surface area contributed by atoms with Gasteiger partial charge in [0.15, 0.2) is 0 Å². The minimum atomic E-state index is 0.126. The lowest BCUT2D eigenvalue weighted by Gasteiger charge is -2.11. The second-order valence-corrected chi connectivity index (χ2v) is 3.09. The number of hydrogen-bond donors (Lipinski definition) is 1. The molecule has 12 heavy (non-hydrogen) atoms. The third kappa shape index (κ3) is 2.01. The number of aromatic nitrogens is 1. The van der Waals surface area contributed by atoms with Gasteiger partial charge in [0.1, 0.15) is 0 Å². The van der Waals surface area contributed by atoms with Crippen molar-refractivity contribution in [3.63, 3.8) is 0 Å². The molecule has 0 radical (unpaired) electrons. The van der Waals surface area contributed by atoms with Gasteiger partial charge < -0.3 is 5.73 Å². The number of rotatable bonds is 3. The van der Waals surface area contributed by atoms with Crippen molar-refractivity contribution in [2.45, 2.75) is 19.3 Å². The Hall–Kier alpha value is -0.960. The van der Waals surface area contributed by atoms with Crippen molar-refractivity contribution in [1.29, 1.82) is 0 Å². The Labute approximate surface area is 77.8 Å². The Kier molecular flexibility index (Phi) is 3.17. The van der Waals surface area contributed by atoms with E-state index in [9.17, 15) is 0 Å². The molecule has 64 valence electrons. The summed E-state index contributed by atoms with van der Waals surface area (Å²) in [6, 6.07) is 5.78. The first kappa shape index (κ1) is 9.13. The zero-order chi connectivity index (χ0) is 8.97. The molecule has 0 aliphatic rings. The van der Waals surface area contributed by atoms with Crippen LogP contribution in [0, 0.1) is 0 Å². The second-order valence-electron chi connectivity index (χ2n) is 2.62. The van der Waals surface area contributed by atoms with Gasteiger partial charge >= 0.3 is 0 Å². The average molecular weight is 180 g/mol. The standard InChI is InChI=1S/C9H12N2S/c1-2-7(9(10)12)8-5-3-4-6-11-8/h3-7H,2H2,1H3,(H2,10,12). The largest absolute Gasteiger partial charge is 0.393 e. The first-order valence-electron chi connectivity index (χ1n) is 3.96. The van der Waals surface area contributed by atoms with E-state index in [1.54, 1.807) is 6.20 Å². The summed E-state index contributed by atoms with van der Waals surface area (Å²) in [6.07, 6.45) is 2.67. The highest BCUT2D eigenvalue weighted by Gasteiger charge is 2.12. The van der Waals surface area contributed by atoms with E-state index in [0.717, 1.165) is 12.1 Å². The molecule has 3 heteroatoms. The lowest BCUT2D eigenvalue weighted by Crippen LogP contribution is -2.19. The van der Waals surface area contributed by atoms with Crippen LogP contribution in [0.5, 0.6) is 0 Å². The van der Waals surface area contributed by atoms with Crippen LogP contribution in [-0.4, -0.2) is 9.97 Å². The smallest absolute Gasteiger partial charge is 0.0819 e. The number of nitrogens with two attached hydrogens (primary N) is 1. The fraction of sp³-hybridized carbons (Fsp3) is 0.333. The molecular formula is C9H12N2S. The first-order chi connectivity index (χ1) is 5.75. The SMILES string of the molecule is CCC(C(N)=S)c1ccccn1. The normalized spacial score (nSPS) is 12.4. The summed E-state index contributed by atoms with van der Waals surface area (Å²) >= 11 is 4.94. The molecule has 0 aliphatic heterocycles. The predicted molar refractivity (Wildman–Crippen MR) is 54.1 cm³/mol. The van der Waals surface area contributed by atoms with Gasteiger partial charge in [0.2, 0.25) is 0 Å². The van der Waals surface area contributed by atoms with E-state index in [-0.39, 0.29) is 5.92 Å². The highest BCUT2D eigenvalue weighted by molar-refractivity contribution is 7.80. The van der Waals surface area contributed by atoms with Crippen LogP contribution in [0.3, 0.4) is 0 Å². The van der Waals surface area contributed by atoms with Crippen molar-refractivity contribution >= 4 is 17.2 Å². The van der Waals surface area contributed by atoms with Crippen LogP contribution in [-0.2, 0) is 0 Å². The summed E-state index contributed by atoms with van der Waals surface area (Å²) in [5.41, 5.74) is 6.54. The van der Waals surface area contributed by atoms with Crippen LogP contribution in [0.15, 0.2) is 24.4 Å². The molecule has 0 bridgehead atoms. The van der Waals surface area contributed by atoms with Crippen LogP contribution < -0.4 is 5.73 Å². The molecule has 1 rings (SSSR count). The van der Waals surface area contributed by atoms with Crippen molar-refractivity contribution in [3.8, 4) is 0 Å². The maximum Gasteiger partial charge on any atom is 0.0819 e. The molecule has 0 aliphatic carbocycles. The van der Waals surface area contributed by atoms with Gasteiger partial charge in [-0.2, -0.15) is 0 Å². The van der Waals surface area contributed by atoms with E-state index in [4.69, 9.17) is 18.0 Å². The molecule has 2 nitrogen and oxygen atoms in total. The van der Waals surface area contributed by atoms with Gasteiger partial charge in [-0.05, 0) is 18.6 Å². The van der Waals surface area contributed by atoms with Gasteiger partial charge in [-0.15, -0.1) is 0 Å². The predicted octanol–water partition coefficient (Wildman–Crippen LogP) is 1.86. The monoisotopic (exact) mass is 180 g/mol. The van der Waals surface area contributed by atoms with Crippen LogP contribution in [0.2, 0.25) is 0 Å². The summed E-state index contributed by atoms with van der Waals surface area (Å²) in [6.45, 7) is 2.05. The van der Waals surface area contributed by atoms with Gasteiger partial charge in [0.25, 0.3) is 0 Å². The molecule has 2 N–H and O–H groups in total. The molecule has 1 heterocycles. The van der Waals surface area contributed by atoms with E-state index < -0.39 is 0 Å². The first-order valence-corrected chi connectivity index (χ1v) is 4.36. The minimum absolute atomic E-state index is 0.126. The van der Waals surface area contributed by atoms with E-state index in [1.807, 2.05) is 18.2 Å². The fourth-order valence-electron chi connectivity index (χ4n) is 1.14. The zero-order valence-electron chi connectivity index (χ0n) is 7.03. The molecule has 0 aromatic carbocycles.